The average Bonchev–Trinajstić information content (AvgIpc) is 3.21. The van der Waals surface area contributed by atoms with Crippen LogP contribution in [0.4, 0.5) is 0 Å². The molecule has 0 atom stereocenters. The second-order valence-electron chi connectivity index (χ2n) is 6.17. The highest BCUT2D eigenvalue weighted by Crippen LogP contribution is 2.25. The lowest BCUT2D eigenvalue weighted by molar-refractivity contribution is 0.0789. The average molecular weight is 374 g/mol. The number of carbonyl (C=O) groups is 1. The Bertz CT molecular complexity index is 876. The minimum absolute atomic E-state index is 0.0526. The van der Waals surface area contributed by atoms with Crippen molar-refractivity contribution in [3.05, 3.63) is 59.7 Å². The van der Waals surface area contributed by atoms with Gasteiger partial charge in [0.2, 0.25) is 10.0 Å². The van der Waals surface area contributed by atoms with Crippen LogP contribution >= 0.6 is 0 Å². The van der Waals surface area contributed by atoms with Crippen molar-refractivity contribution in [1.29, 1.82) is 0 Å². The fraction of sp³-hybridized carbons (Fsp3) is 0.316. The second-order valence-corrected chi connectivity index (χ2v) is 7.94. The molecule has 2 aromatic rings. The number of amides is 1. The fourth-order valence-electron chi connectivity index (χ4n) is 2.97. The molecular weight excluding hydrogens is 352 g/mol. The van der Waals surface area contributed by atoms with E-state index in [0.717, 1.165) is 18.4 Å². The summed E-state index contributed by atoms with van der Waals surface area (Å²) >= 11 is 0. The van der Waals surface area contributed by atoms with Gasteiger partial charge in [0, 0.05) is 19.6 Å². The summed E-state index contributed by atoms with van der Waals surface area (Å²) in [6.45, 7) is 1.56. The van der Waals surface area contributed by atoms with E-state index in [4.69, 9.17) is 4.74 Å². The van der Waals surface area contributed by atoms with Crippen LogP contribution in [0, 0.1) is 0 Å². The molecule has 26 heavy (non-hydrogen) atoms. The number of hydrogen-bond donors (Lipinski definition) is 1. The molecule has 2 aromatic carbocycles. The molecular formula is C19H22N2O4S. The third kappa shape index (κ3) is 4.05. The first-order chi connectivity index (χ1) is 12.5. The molecule has 0 spiro atoms. The van der Waals surface area contributed by atoms with Gasteiger partial charge in [-0.1, -0.05) is 30.3 Å². The molecule has 138 valence electrons. The normalized spacial score (nSPS) is 14.4. The van der Waals surface area contributed by atoms with Gasteiger partial charge in [-0.05, 0) is 36.6 Å². The van der Waals surface area contributed by atoms with Gasteiger partial charge in [0.1, 0.15) is 5.75 Å². The molecule has 6 nitrogen and oxygen atoms in total. The van der Waals surface area contributed by atoms with Gasteiger partial charge in [0.05, 0.1) is 17.6 Å². The van der Waals surface area contributed by atoms with Crippen LogP contribution in [0.3, 0.4) is 0 Å². The molecule has 1 saturated heterocycles. The van der Waals surface area contributed by atoms with E-state index in [0.29, 0.717) is 18.8 Å². The summed E-state index contributed by atoms with van der Waals surface area (Å²) in [4.78, 5) is 14.5. The number of ether oxygens (including phenoxy) is 1. The van der Waals surface area contributed by atoms with Crippen molar-refractivity contribution in [2.24, 2.45) is 0 Å². The van der Waals surface area contributed by atoms with E-state index in [1.165, 1.54) is 25.3 Å². The first kappa shape index (κ1) is 18.4. The molecule has 0 aromatic heterocycles. The van der Waals surface area contributed by atoms with Crippen molar-refractivity contribution >= 4 is 15.9 Å². The Balaban J connectivity index is 1.84. The number of nitrogens with zero attached hydrogens (tertiary/aromatic N) is 1. The van der Waals surface area contributed by atoms with Gasteiger partial charge in [-0.25, -0.2) is 13.1 Å². The molecule has 0 radical (unpaired) electrons. The number of carbonyl (C=O) groups excluding carboxylic acids is 1. The standard InChI is InChI=1S/C19H22N2O4S/c1-25-18-10-9-16(13-17(18)19(22)21-11-5-6-12-21)26(23,24)20-14-15-7-3-2-4-8-15/h2-4,7-10,13,20H,5-6,11-12,14H2,1H3. The lowest BCUT2D eigenvalue weighted by Crippen LogP contribution is -2.29. The Morgan fingerprint density at radius 2 is 1.81 bits per heavy atom. The number of hydrogen-bond acceptors (Lipinski definition) is 4. The Morgan fingerprint density at radius 1 is 1.12 bits per heavy atom. The van der Waals surface area contributed by atoms with Gasteiger partial charge in [-0.15, -0.1) is 0 Å². The number of methoxy groups -OCH3 is 1. The molecule has 1 heterocycles. The molecule has 1 fully saturated rings. The molecule has 1 aliphatic rings. The highest BCUT2D eigenvalue weighted by Gasteiger charge is 2.25. The molecule has 1 N–H and O–H groups in total. The molecule has 0 unspecified atom stereocenters. The van der Waals surface area contributed by atoms with Gasteiger partial charge in [0.25, 0.3) is 5.91 Å². The maximum atomic E-state index is 12.7. The Labute approximate surface area is 153 Å². The Kier molecular flexibility index (Phi) is 5.58. The van der Waals surface area contributed by atoms with Gasteiger partial charge >= 0.3 is 0 Å². The van der Waals surface area contributed by atoms with Crippen LogP contribution in [0.1, 0.15) is 28.8 Å². The number of sulfonamides is 1. The summed E-state index contributed by atoms with van der Waals surface area (Å²) < 4.78 is 33.1. The highest BCUT2D eigenvalue weighted by atomic mass is 32.2. The summed E-state index contributed by atoms with van der Waals surface area (Å²) in [5.41, 5.74) is 1.13. The van der Waals surface area contributed by atoms with Gasteiger partial charge in [0.15, 0.2) is 0 Å². The van der Waals surface area contributed by atoms with E-state index in [-0.39, 0.29) is 22.9 Å². The minimum atomic E-state index is -3.74. The van der Waals surface area contributed by atoms with Crippen molar-refractivity contribution in [2.45, 2.75) is 24.3 Å². The van der Waals surface area contributed by atoms with Crippen LogP contribution in [0.25, 0.3) is 0 Å². The summed E-state index contributed by atoms with van der Waals surface area (Å²) in [7, 11) is -2.27. The zero-order valence-electron chi connectivity index (χ0n) is 14.6. The van der Waals surface area contributed by atoms with Crippen molar-refractivity contribution < 1.29 is 17.9 Å². The molecule has 1 aliphatic heterocycles. The van der Waals surface area contributed by atoms with Gasteiger partial charge < -0.3 is 9.64 Å². The van der Waals surface area contributed by atoms with Crippen molar-refractivity contribution in [2.75, 3.05) is 20.2 Å². The fourth-order valence-corrected chi connectivity index (χ4v) is 4.01. The second kappa shape index (κ2) is 7.88. The number of nitrogens with one attached hydrogen (secondary N) is 1. The van der Waals surface area contributed by atoms with Crippen LogP contribution in [0.15, 0.2) is 53.4 Å². The molecule has 3 rings (SSSR count). The maximum Gasteiger partial charge on any atom is 0.257 e. The van der Waals surface area contributed by atoms with E-state index >= 15 is 0 Å². The third-order valence-electron chi connectivity index (χ3n) is 4.41. The first-order valence-electron chi connectivity index (χ1n) is 8.52. The Hall–Kier alpha value is -2.38. The van der Waals surface area contributed by atoms with Crippen LogP contribution in [0.2, 0.25) is 0 Å². The Morgan fingerprint density at radius 3 is 2.46 bits per heavy atom. The highest BCUT2D eigenvalue weighted by molar-refractivity contribution is 7.89. The van der Waals surface area contributed by atoms with Crippen LogP contribution in [0.5, 0.6) is 5.75 Å². The molecule has 0 saturated carbocycles. The number of benzene rings is 2. The zero-order valence-corrected chi connectivity index (χ0v) is 15.5. The topological polar surface area (TPSA) is 75.7 Å². The quantitative estimate of drug-likeness (QED) is 0.842. The summed E-state index contributed by atoms with van der Waals surface area (Å²) in [5.74, 6) is 0.184. The molecule has 0 bridgehead atoms. The van der Waals surface area contributed by atoms with Crippen molar-refractivity contribution in [3.63, 3.8) is 0 Å². The van der Waals surface area contributed by atoms with Gasteiger partial charge in [-0.2, -0.15) is 0 Å². The smallest absolute Gasteiger partial charge is 0.257 e. The lowest BCUT2D eigenvalue weighted by Gasteiger charge is -2.18. The predicted molar refractivity (Wildman–Crippen MR) is 98.6 cm³/mol. The summed E-state index contributed by atoms with van der Waals surface area (Å²) in [5, 5.41) is 0. The SMILES string of the molecule is COc1ccc(S(=O)(=O)NCc2ccccc2)cc1C(=O)N1CCCC1. The predicted octanol–water partition coefficient (Wildman–Crippen LogP) is 2.41. The first-order valence-corrected chi connectivity index (χ1v) is 10.0. The minimum Gasteiger partial charge on any atom is -0.496 e. The lowest BCUT2D eigenvalue weighted by atomic mass is 10.1. The maximum absolute atomic E-state index is 12.7. The molecule has 7 heteroatoms. The monoisotopic (exact) mass is 374 g/mol. The van der Waals surface area contributed by atoms with Crippen molar-refractivity contribution in [3.8, 4) is 5.75 Å². The number of likely N-dealkylation sites (tertiary alicyclic amines) is 1. The number of rotatable bonds is 6. The van der Waals surface area contributed by atoms with Crippen molar-refractivity contribution in [1.82, 2.24) is 9.62 Å². The molecule has 0 aliphatic carbocycles. The largest absolute Gasteiger partial charge is 0.496 e. The van der Waals surface area contributed by atoms with E-state index < -0.39 is 10.0 Å². The third-order valence-corrected chi connectivity index (χ3v) is 5.81. The van der Waals surface area contributed by atoms with Crippen LogP contribution in [-0.2, 0) is 16.6 Å². The van der Waals surface area contributed by atoms with Crippen LogP contribution < -0.4 is 9.46 Å². The molecule has 1 amide bonds. The summed E-state index contributed by atoms with van der Waals surface area (Å²) in [6, 6.07) is 13.6. The van der Waals surface area contributed by atoms with E-state index in [9.17, 15) is 13.2 Å². The van der Waals surface area contributed by atoms with E-state index in [2.05, 4.69) is 4.72 Å². The van der Waals surface area contributed by atoms with Gasteiger partial charge in [-0.3, -0.25) is 4.79 Å². The van der Waals surface area contributed by atoms with Crippen LogP contribution in [-0.4, -0.2) is 39.4 Å². The summed E-state index contributed by atoms with van der Waals surface area (Å²) in [6.07, 6.45) is 1.93. The zero-order chi connectivity index (χ0) is 18.6. The van der Waals surface area contributed by atoms with E-state index in [1.807, 2.05) is 30.3 Å². The van der Waals surface area contributed by atoms with E-state index in [1.54, 1.807) is 4.90 Å².